The third-order valence-electron chi connectivity index (χ3n) is 10.8. The lowest BCUT2D eigenvalue weighted by Gasteiger charge is -2.38. The summed E-state index contributed by atoms with van der Waals surface area (Å²) in [6.45, 7) is 19.3. The molecule has 4 aliphatic rings. The van der Waals surface area contributed by atoms with Gasteiger partial charge in [0.05, 0.1) is 0 Å². The lowest BCUT2D eigenvalue weighted by molar-refractivity contribution is 0.262. The molecule has 2 aromatic rings. The summed E-state index contributed by atoms with van der Waals surface area (Å²) < 4.78 is 0. The molecule has 0 amide bonds. The van der Waals surface area contributed by atoms with Gasteiger partial charge < -0.3 is 0 Å². The average molecular weight is 493 g/mol. The van der Waals surface area contributed by atoms with Crippen molar-refractivity contribution in [1.82, 2.24) is 0 Å². The quantitative estimate of drug-likeness (QED) is 0.391. The number of rotatable bonds is 2. The maximum atomic E-state index is 2.73. The fraction of sp³-hybridized carbons (Fsp3) is 0.568. The Hall–Kier alpha value is -2.08. The molecule has 0 N–H and O–H groups in total. The third kappa shape index (κ3) is 3.92. The summed E-state index contributed by atoms with van der Waals surface area (Å²) in [6.07, 6.45) is 13.5. The number of fused-ring (bicyclic) bond motifs is 3. The van der Waals surface area contributed by atoms with Crippen molar-refractivity contribution >= 4 is 0 Å². The van der Waals surface area contributed by atoms with Crippen LogP contribution in [0.3, 0.4) is 0 Å². The second-order valence-electron chi connectivity index (χ2n) is 15.4. The molecule has 0 spiro atoms. The summed E-state index contributed by atoms with van der Waals surface area (Å²) in [7, 11) is 0. The predicted molar refractivity (Wildman–Crippen MR) is 159 cm³/mol. The first-order valence-electron chi connectivity index (χ1n) is 15.0. The van der Waals surface area contributed by atoms with E-state index in [1.165, 1.54) is 73.6 Å². The van der Waals surface area contributed by atoms with E-state index < -0.39 is 0 Å². The summed E-state index contributed by atoms with van der Waals surface area (Å²) in [4.78, 5) is 0. The molecule has 0 bridgehead atoms. The van der Waals surface area contributed by atoms with Gasteiger partial charge in [-0.05, 0) is 87.3 Å². The van der Waals surface area contributed by atoms with Crippen molar-refractivity contribution in [3.05, 3.63) is 81.4 Å². The summed E-state index contributed by atoms with van der Waals surface area (Å²) in [5.41, 5.74) is 15.2. The molecule has 1 saturated carbocycles. The van der Waals surface area contributed by atoms with E-state index >= 15 is 0 Å². The van der Waals surface area contributed by atoms with Gasteiger partial charge in [-0.3, -0.25) is 0 Å². The van der Waals surface area contributed by atoms with Gasteiger partial charge in [-0.1, -0.05) is 128 Å². The summed E-state index contributed by atoms with van der Waals surface area (Å²) >= 11 is 0. The molecule has 0 nitrogen and oxygen atoms in total. The minimum absolute atomic E-state index is 0.155. The lowest BCUT2D eigenvalue weighted by Crippen LogP contribution is -2.26. The van der Waals surface area contributed by atoms with Crippen molar-refractivity contribution in [3.63, 3.8) is 0 Å². The zero-order chi connectivity index (χ0) is 26.4. The molecule has 2 aromatic carbocycles. The van der Waals surface area contributed by atoms with Crippen LogP contribution < -0.4 is 0 Å². The molecule has 0 heteroatoms. The Morgan fingerprint density at radius 1 is 0.703 bits per heavy atom. The van der Waals surface area contributed by atoms with Crippen LogP contribution in [-0.4, -0.2) is 0 Å². The molecule has 37 heavy (non-hydrogen) atoms. The van der Waals surface area contributed by atoms with E-state index in [4.69, 9.17) is 0 Å². The maximum absolute atomic E-state index is 2.73. The normalized spacial score (nSPS) is 25.2. The zero-order valence-electron chi connectivity index (χ0n) is 24.8. The number of hydrogen-bond acceptors (Lipinski definition) is 0. The predicted octanol–water partition coefficient (Wildman–Crippen LogP) is 10.8. The van der Waals surface area contributed by atoms with E-state index in [2.05, 4.69) is 97.9 Å². The molecular weight excluding hydrogens is 444 g/mol. The second-order valence-corrected chi connectivity index (χ2v) is 15.4. The van der Waals surface area contributed by atoms with Crippen LogP contribution in [0, 0.1) is 10.8 Å². The molecule has 0 radical (unpaired) electrons. The van der Waals surface area contributed by atoms with Crippen molar-refractivity contribution in [2.24, 2.45) is 10.8 Å². The molecule has 1 unspecified atom stereocenters. The minimum atomic E-state index is 0.155. The molecule has 0 aliphatic heterocycles. The molecule has 0 heterocycles. The van der Waals surface area contributed by atoms with Crippen molar-refractivity contribution in [2.45, 2.75) is 124 Å². The van der Waals surface area contributed by atoms with E-state index in [-0.39, 0.29) is 16.2 Å². The highest BCUT2D eigenvalue weighted by Crippen LogP contribution is 2.64. The van der Waals surface area contributed by atoms with Gasteiger partial charge in [0.25, 0.3) is 0 Å². The van der Waals surface area contributed by atoms with E-state index in [1.807, 2.05) is 0 Å². The van der Waals surface area contributed by atoms with Gasteiger partial charge in [-0.2, -0.15) is 0 Å². The topological polar surface area (TPSA) is 0 Å². The van der Waals surface area contributed by atoms with Crippen LogP contribution in [0.5, 0.6) is 0 Å². The number of allylic oxidation sites excluding steroid dienone is 4. The van der Waals surface area contributed by atoms with E-state index in [0.29, 0.717) is 11.3 Å². The van der Waals surface area contributed by atoms with Gasteiger partial charge in [-0.15, -0.1) is 0 Å². The molecular formula is C37H48. The Morgan fingerprint density at radius 3 is 1.76 bits per heavy atom. The van der Waals surface area contributed by atoms with Gasteiger partial charge >= 0.3 is 0 Å². The van der Waals surface area contributed by atoms with Gasteiger partial charge in [-0.25, -0.2) is 0 Å². The van der Waals surface area contributed by atoms with Crippen LogP contribution in [-0.2, 0) is 10.8 Å². The molecule has 196 valence electrons. The van der Waals surface area contributed by atoms with E-state index in [9.17, 15) is 0 Å². The first kappa shape index (κ1) is 25.2. The summed E-state index contributed by atoms with van der Waals surface area (Å²) in [5.74, 6) is 0.435. The first-order valence-corrected chi connectivity index (χ1v) is 15.0. The van der Waals surface area contributed by atoms with Crippen LogP contribution in [0.1, 0.15) is 135 Å². The van der Waals surface area contributed by atoms with Crippen molar-refractivity contribution in [1.29, 1.82) is 0 Å². The van der Waals surface area contributed by atoms with Crippen molar-refractivity contribution < 1.29 is 0 Å². The van der Waals surface area contributed by atoms with E-state index in [1.54, 1.807) is 27.8 Å². The third-order valence-corrected chi connectivity index (χ3v) is 10.8. The Morgan fingerprint density at radius 2 is 1.24 bits per heavy atom. The standard InChI is InChI=1S/C37H48/c1-34(2,3)25-12-14-28-29-15-13-26(35(4,5)6)22-31(29)33(30(28)21-25)37(8)19-16-24-20-27(23-32(24)37)36(7)17-10-9-11-18-36/h12-15,21-23,33H,9-11,16-20H2,1-8H3. The van der Waals surface area contributed by atoms with Crippen LogP contribution in [0.15, 0.2) is 59.2 Å². The fourth-order valence-corrected chi connectivity index (χ4v) is 8.21. The molecule has 0 aromatic heterocycles. The highest BCUT2D eigenvalue weighted by atomic mass is 14.5. The van der Waals surface area contributed by atoms with Crippen LogP contribution in [0.2, 0.25) is 0 Å². The van der Waals surface area contributed by atoms with Gasteiger partial charge in [0, 0.05) is 11.3 Å². The van der Waals surface area contributed by atoms with Crippen molar-refractivity contribution in [2.75, 3.05) is 0 Å². The average Bonchev–Trinajstić information content (AvgIpc) is 3.50. The Kier molecular flexibility index (Phi) is 5.59. The SMILES string of the molecule is CC1(C2=CC3=C(CCC3(C)C3c4cc(C(C)(C)C)ccc4-c4ccc(C(C)(C)C)cc43)C2)CCCCC1. The molecule has 1 fully saturated rings. The minimum Gasteiger partial charge on any atom is -0.0623 e. The smallest absolute Gasteiger partial charge is 0.0196 e. The zero-order valence-corrected chi connectivity index (χ0v) is 24.8. The molecule has 4 aliphatic carbocycles. The largest absolute Gasteiger partial charge is 0.0623 e. The van der Waals surface area contributed by atoms with Crippen LogP contribution in [0.4, 0.5) is 0 Å². The Labute approximate surface area is 226 Å². The van der Waals surface area contributed by atoms with Gasteiger partial charge in [0.15, 0.2) is 0 Å². The molecule has 1 atom stereocenters. The summed E-state index contributed by atoms with van der Waals surface area (Å²) in [6, 6.07) is 14.8. The number of hydrogen-bond donors (Lipinski definition) is 0. The van der Waals surface area contributed by atoms with E-state index in [0.717, 1.165) is 0 Å². The molecule has 6 rings (SSSR count). The molecule has 0 saturated heterocycles. The van der Waals surface area contributed by atoms with Crippen LogP contribution in [0.25, 0.3) is 11.1 Å². The van der Waals surface area contributed by atoms with Crippen LogP contribution >= 0.6 is 0 Å². The van der Waals surface area contributed by atoms with Gasteiger partial charge in [0.1, 0.15) is 0 Å². The highest BCUT2D eigenvalue weighted by molar-refractivity contribution is 5.81. The highest BCUT2D eigenvalue weighted by Gasteiger charge is 2.50. The van der Waals surface area contributed by atoms with Gasteiger partial charge in [0.2, 0.25) is 0 Å². The second kappa shape index (κ2) is 8.21. The first-order chi connectivity index (χ1) is 17.3. The summed E-state index contributed by atoms with van der Waals surface area (Å²) in [5, 5.41) is 0. The van der Waals surface area contributed by atoms with Crippen molar-refractivity contribution in [3.8, 4) is 11.1 Å². The monoisotopic (exact) mass is 492 g/mol. The Bertz CT molecular complexity index is 1250. The maximum Gasteiger partial charge on any atom is 0.0196 e. The lowest BCUT2D eigenvalue weighted by atomic mass is 9.66. The Balaban J connectivity index is 1.51. The number of benzene rings is 2. The fourth-order valence-electron chi connectivity index (χ4n) is 8.21.